The average Bonchev–Trinajstić information content (AvgIpc) is 3.26. The smallest absolute Gasteiger partial charge is 0.350 e. The molecule has 0 atom stereocenters. The van der Waals surface area contributed by atoms with Crippen molar-refractivity contribution < 1.29 is 18.0 Å². The molecule has 2 aromatic rings. The largest absolute Gasteiger partial charge is 0.435 e. The molecule has 8 heteroatoms. The molecule has 0 spiro atoms. The summed E-state index contributed by atoms with van der Waals surface area (Å²) in [6, 6.07) is 4.60. The van der Waals surface area contributed by atoms with Crippen molar-refractivity contribution in [1.29, 1.82) is 0 Å². The maximum absolute atomic E-state index is 12.8. The molecular formula is C15H15F3N4O. The predicted octanol–water partition coefficient (Wildman–Crippen LogP) is 2.49. The lowest BCUT2D eigenvalue weighted by atomic mass is 10.2. The number of nitrogens with zero attached hydrogens (tertiary/aromatic N) is 3. The minimum Gasteiger partial charge on any atom is -0.350 e. The molecule has 0 saturated heterocycles. The van der Waals surface area contributed by atoms with Crippen LogP contribution in [0.15, 0.2) is 30.6 Å². The van der Waals surface area contributed by atoms with E-state index < -0.39 is 11.9 Å². The second-order valence-electron chi connectivity index (χ2n) is 5.52. The molecule has 0 unspecified atom stereocenters. The molecule has 1 saturated carbocycles. The molecule has 2 aromatic heterocycles. The number of amides is 1. The number of aromatic nitrogens is 3. The van der Waals surface area contributed by atoms with E-state index >= 15 is 0 Å². The molecule has 1 N–H and O–H groups in total. The number of nitrogens with one attached hydrogen (secondary N) is 1. The summed E-state index contributed by atoms with van der Waals surface area (Å²) in [6.45, 7) is 0.0566. The second kappa shape index (κ2) is 6.02. The van der Waals surface area contributed by atoms with Crippen LogP contribution in [0, 0.1) is 0 Å². The van der Waals surface area contributed by atoms with E-state index in [2.05, 4.69) is 15.4 Å². The third kappa shape index (κ3) is 3.88. The molecule has 0 bridgehead atoms. The van der Waals surface area contributed by atoms with Crippen molar-refractivity contribution >= 4 is 5.91 Å². The Labute approximate surface area is 130 Å². The number of alkyl halides is 3. The normalized spacial score (nSPS) is 14.7. The molecule has 0 aliphatic heterocycles. The lowest BCUT2D eigenvalue weighted by Gasteiger charge is -2.08. The van der Waals surface area contributed by atoms with Crippen molar-refractivity contribution in [2.45, 2.75) is 38.0 Å². The lowest BCUT2D eigenvalue weighted by Crippen LogP contribution is -2.28. The summed E-state index contributed by atoms with van der Waals surface area (Å²) in [5, 5.41) is 6.22. The van der Waals surface area contributed by atoms with Gasteiger partial charge in [-0.2, -0.15) is 18.3 Å². The molecule has 1 aliphatic rings. The standard InChI is InChI=1S/C15H15F3N4O/c16-15(17,18)13-6-12(11-3-4-11)22(21-13)9-14(23)20-8-10-2-1-5-19-7-10/h1-2,5-7,11H,3-4,8-9H2,(H,20,23). The zero-order chi connectivity index (χ0) is 16.4. The van der Waals surface area contributed by atoms with Crippen LogP contribution in [0.1, 0.15) is 35.7 Å². The zero-order valence-electron chi connectivity index (χ0n) is 12.2. The molecular weight excluding hydrogens is 309 g/mol. The van der Waals surface area contributed by atoms with Crippen molar-refractivity contribution in [1.82, 2.24) is 20.1 Å². The number of hydrogen-bond acceptors (Lipinski definition) is 3. The Hall–Kier alpha value is -2.38. The van der Waals surface area contributed by atoms with Gasteiger partial charge in [-0.1, -0.05) is 6.07 Å². The van der Waals surface area contributed by atoms with Gasteiger partial charge in [-0.05, 0) is 30.5 Å². The zero-order valence-corrected chi connectivity index (χ0v) is 12.2. The van der Waals surface area contributed by atoms with Crippen LogP contribution >= 0.6 is 0 Å². The SMILES string of the molecule is O=C(Cn1nc(C(F)(F)F)cc1C1CC1)NCc1cccnc1. The van der Waals surface area contributed by atoms with Gasteiger partial charge < -0.3 is 5.32 Å². The van der Waals surface area contributed by atoms with Crippen molar-refractivity contribution in [3.8, 4) is 0 Å². The third-order valence-electron chi connectivity index (χ3n) is 3.60. The monoisotopic (exact) mass is 324 g/mol. The first-order valence-electron chi connectivity index (χ1n) is 7.24. The lowest BCUT2D eigenvalue weighted by molar-refractivity contribution is -0.141. The molecule has 0 aromatic carbocycles. The van der Waals surface area contributed by atoms with Crippen molar-refractivity contribution in [2.24, 2.45) is 0 Å². The highest BCUT2D eigenvalue weighted by molar-refractivity contribution is 5.75. The summed E-state index contributed by atoms with van der Waals surface area (Å²) in [6.07, 6.45) is 0.406. The highest BCUT2D eigenvalue weighted by Crippen LogP contribution is 2.42. The van der Waals surface area contributed by atoms with E-state index in [1.165, 1.54) is 4.68 Å². The van der Waals surface area contributed by atoms with Gasteiger partial charge in [-0.3, -0.25) is 14.5 Å². The third-order valence-corrected chi connectivity index (χ3v) is 3.60. The Bertz CT molecular complexity index is 692. The van der Waals surface area contributed by atoms with Gasteiger partial charge in [-0.15, -0.1) is 0 Å². The number of pyridine rings is 1. The van der Waals surface area contributed by atoms with E-state index in [-0.39, 0.29) is 24.9 Å². The number of hydrogen-bond donors (Lipinski definition) is 1. The van der Waals surface area contributed by atoms with Gasteiger partial charge in [-0.25, -0.2) is 0 Å². The summed E-state index contributed by atoms with van der Waals surface area (Å²) in [4.78, 5) is 15.9. The van der Waals surface area contributed by atoms with E-state index in [0.717, 1.165) is 24.5 Å². The van der Waals surface area contributed by atoms with Gasteiger partial charge in [0.05, 0.1) is 0 Å². The number of carbonyl (C=O) groups is 1. The van der Waals surface area contributed by atoms with Crippen LogP contribution in [0.3, 0.4) is 0 Å². The highest BCUT2D eigenvalue weighted by Gasteiger charge is 2.38. The minimum absolute atomic E-state index is 0.0738. The quantitative estimate of drug-likeness (QED) is 0.919. The first-order valence-corrected chi connectivity index (χ1v) is 7.24. The summed E-state index contributed by atoms with van der Waals surface area (Å²) in [5.74, 6) is -0.308. The molecule has 3 rings (SSSR count). The molecule has 0 radical (unpaired) electrons. The maximum atomic E-state index is 12.8. The predicted molar refractivity (Wildman–Crippen MR) is 75.3 cm³/mol. The van der Waals surface area contributed by atoms with Crippen LogP contribution < -0.4 is 5.32 Å². The Balaban J connectivity index is 1.67. The van der Waals surface area contributed by atoms with Crippen LogP contribution in [-0.2, 0) is 24.1 Å². The fraction of sp³-hybridized carbons (Fsp3) is 0.400. The van der Waals surface area contributed by atoms with Gasteiger partial charge in [0.15, 0.2) is 5.69 Å². The molecule has 5 nitrogen and oxygen atoms in total. The van der Waals surface area contributed by atoms with Crippen molar-refractivity contribution in [3.05, 3.63) is 47.5 Å². The van der Waals surface area contributed by atoms with Crippen LogP contribution in [0.2, 0.25) is 0 Å². The fourth-order valence-corrected chi connectivity index (χ4v) is 2.30. The highest BCUT2D eigenvalue weighted by atomic mass is 19.4. The Kier molecular flexibility index (Phi) is 4.06. The number of rotatable bonds is 5. The molecule has 2 heterocycles. The van der Waals surface area contributed by atoms with Gasteiger partial charge in [0, 0.05) is 30.6 Å². The first-order chi connectivity index (χ1) is 10.9. The molecule has 1 aliphatic carbocycles. The van der Waals surface area contributed by atoms with E-state index in [4.69, 9.17) is 0 Å². The molecule has 1 fully saturated rings. The van der Waals surface area contributed by atoms with Crippen LogP contribution in [0.25, 0.3) is 0 Å². The molecule has 122 valence electrons. The van der Waals surface area contributed by atoms with Crippen LogP contribution in [-0.4, -0.2) is 20.7 Å². The van der Waals surface area contributed by atoms with Crippen molar-refractivity contribution in [3.63, 3.8) is 0 Å². The number of carbonyl (C=O) groups excluding carboxylic acids is 1. The van der Waals surface area contributed by atoms with Gasteiger partial charge >= 0.3 is 6.18 Å². The summed E-state index contributed by atoms with van der Waals surface area (Å²) >= 11 is 0. The topological polar surface area (TPSA) is 59.8 Å². The molecule has 1 amide bonds. The summed E-state index contributed by atoms with van der Waals surface area (Å²) in [7, 11) is 0. The Morgan fingerprint density at radius 1 is 1.39 bits per heavy atom. The summed E-state index contributed by atoms with van der Waals surface area (Å²) in [5.41, 5.74) is 0.355. The maximum Gasteiger partial charge on any atom is 0.435 e. The van der Waals surface area contributed by atoms with E-state index in [1.807, 2.05) is 0 Å². The Morgan fingerprint density at radius 3 is 2.78 bits per heavy atom. The van der Waals surface area contributed by atoms with E-state index in [0.29, 0.717) is 5.69 Å². The van der Waals surface area contributed by atoms with Crippen LogP contribution in [0.5, 0.6) is 0 Å². The van der Waals surface area contributed by atoms with E-state index in [1.54, 1.807) is 24.5 Å². The Morgan fingerprint density at radius 2 is 2.17 bits per heavy atom. The van der Waals surface area contributed by atoms with E-state index in [9.17, 15) is 18.0 Å². The van der Waals surface area contributed by atoms with Crippen molar-refractivity contribution in [2.75, 3.05) is 0 Å². The van der Waals surface area contributed by atoms with Gasteiger partial charge in [0.1, 0.15) is 6.54 Å². The van der Waals surface area contributed by atoms with Gasteiger partial charge in [0.2, 0.25) is 5.91 Å². The number of halogens is 3. The fourth-order valence-electron chi connectivity index (χ4n) is 2.30. The average molecular weight is 324 g/mol. The molecule has 23 heavy (non-hydrogen) atoms. The van der Waals surface area contributed by atoms with Gasteiger partial charge in [0.25, 0.3) is 0 Å². The minimum atomic E-state index is -4.50. The second-order valence-corrected chi connectivity index (χ2v) is 5.52. The van der Waals surface area contributed by atoms with Crippen LogP contribution in [0.4, 0.5) is 13.2 Å². The first kappa shape index (κ1) is 15.5. The summed E-state index contributed by atoms with van der Waals surface area (Å²) < 4.78 is 39.5.